The van der Waals surface area contributed by atoms with Crippen LogP contribution in [0.15, 0.2) is 43.1 Å². The summed E-state index contributed by atoms with van der Waals surface area (Å²) < 4.78 is 14.0. The molecule has 4 rings (SSSR count). The van der Waals surface area contributed by atoms with E-state index in [2.05, 4.69) is 40.9 Å². The monoisotopic (exact) mass is 508 g/mol. The summed E-state index contributed by atoms with van der Waals surface area (Å²) in [5.41, 5.74) is 6.90. The minimum absolute atomic E-state index is 0.112. The molecular formula is C27H45FN4O2S. The van der Waals surface area contributed by atoms with Crippen LogP contribution < -0.4 is 16.0 Å². The summed E-state index contributed by atoms with van der Waals surface area (Å²) in [5, 5.41) is 12.9. The first-order chi connectivity index (χ1) is 16.8. The fourth-order valence-corrected chi connectivity index (χ4v) is 4.52. The van der Waals surface area contributed by atoms with E-state index in [1.807, 2.05) is 13.8 Å². The number of hydrogen-bond donors (Lipinski definition) is 4. The minimum Gasteiger partial charge on any atom is -0.399 e. The first-order valence-electron chi connectivity index (χ1n) is 12.6. The Bertz CT molecular complexity index is 790. The lowest BCUT2D eigenvalue weighted by molar-refractivity contribution is -0.121. The molecule has 3 saturated heterocycles. The van der Waals surface area contributed by atoms with Crippen LogP contribution >= 0.6 is 12.6 Å². The highest BCUT2D eigenvalue weighted by molar-refractivity contribution is 7.79. The van der Waals surface area contributed by atoms with E-state index in [-0.39, 0.29) is 11.7 Å². The number of likely N-dealkylation sites (tertiary alicyclic amines) is 1. The molecule has 0 aliphatic carbocycles. The molecule has 1 aromatic carbocycles. The number of benzene rings is 1. The van der Waals surface area contributed by atoms with Crippen LogP contribution in [-0.4, -0.2) is 60.0 Å². The third-order valence-electron chi connectivity index (χ3n) is 6.54. The van der Waals surface area contributed by atoms with Gasteiger partial charge in [-0.25, -0.2) is 4.39 Å². The lowest BCUT2D eigenvalue weighted by Gasteiger charge is -2.44. The van der Waals surface area contributed by atoms with Crippen molar-refractivity contribution in [3.8, 4) is 0 Å². The van der Waals surface area contributed by atoms with Gasteiger partial charge in [0.05, 0.1) is 11.3 Å². The van der Waals surface area contributed by atoms with Crippen LogP contribution in [0, 0.1) is 5.82 Å². The fraction of sp³-hybridized carbons (Fsp3) is 0.593. The van der Waals surface area contributed by atoms with E-state index in [1.165, 1.54) is 6.07 Å². The van der Waals surface area contributed by atoms with Crippen molar-refractivity contribution in [3.63, 3.8) is 0 Å². The molecule has 3 fully saturated rings. The number of nitrogens with two attached hydrogens (primary N) is 1. The highest BCUT2D eigenvalue weighted by Gasteiger charge is 2.33. The third kappa shape index (κ3) is 9.86. The Balaban J connectivity index is 0.000000427. The average molecular weight is 509 g/mol. The molecule has 3 heterocycles. The van der Waals surface area contributed by atoms with Crippen LogP contribution in [0.2, 0.25) is 0 Å². The van der Waals surface area contributed by atoms with Gasteiger partial charge >= 0.3 is 0 Å². The van der Waals surface area contributed by atoms with Gasteiger partial charge in [-0.3, -0.25) is 4.79 Å². The standard InChI is InChI=1S/C18H26FN3O.C6H9NO.C2H6.CH4S/c1-2-18(23)7-11-21(12-8-18)15-5-9-22(10-6-15)17-4-3-14(20)13-16(17)19;1-5-3-2-4-6(8)7-5;2*1-2/h2-4,13,15,23H,1,5-12,20H2;1-4H2,(H,7,8);1-2H3;2H,1H3. The Morgan fingerprint density at radius 2 is 1.77 bits per heavy atom. The number of hydrogen-bond acceptors (Lipinski definition) is 6. The van der Waals surface area contributed by atoms with E-state index >= 15 is 0 Å². The van der Waals surface area contributed by atoms with E-state index in [1.54, 1.807) is 24.5 Å². The average Bonchev–Trinajstić information content (AvgIpc) is 2.87. The van der Waals surface area contributed by atoms with Crippen molar-refractivity contribution in [2.45, 2.75) is 70.4 Å². The summed E-state index contributed by atoms with van der Waals surface area (Å²) in [6.45, 7) is 14.9. The van der Waals surface area contributed by atoms with Gasteiger partial charge in [-0.2, -0.15) is 12.6 Å². The minimum atomic E-state index is -0.690. The molecule has 0 saturated carbocycles. The van der Waals surface area contributed by atoms with E-state index in [4.69, 9.17) is 5.73 Å². The zero-order valence-corrected chi connectivity index (χ0v) is 22.6. The Labute approximate surface area is 216 Å². The van der Waals surface area contributed by atoms with Crippen molar-refractivity contribution >= 4 is 29.9 Å². The SMILES string of the molecule is C=C1CCCC(=O)N1.C=CC1(O)CCN(C2CCN(c3ccc(N)cc3F)CC2)CC1.CC.CS. The Morgan fingerprint density at radius 3 is 2.23 bits per heavy atom. The van der Waals surface area contributed by atoms with E-state index in [0.717, 1.165) is 70.4 Å². The Kier molecular flexibility index (Phi) is 14.0. The summed E-state index contributed by atoms with van der Waals surface area (Å²) in [6, 6.07) is 5.45. The molecule has 0 spiro atoms. The molecule has 1 aromatic rings. The number of carbonyl (C=O) groups is 1. The van der Waals surface area contributed by atoms with E-state index in [9.17, 15) is 14.3 Å². The summed E-state index contributed by atoms with van der Waals surface area (Å²) in [6.07, 6.45) is 9.51. The molecule has 4 N–H and O–H groups in total. The molecule has 3 aliphatic rings. The number of aliphatic hydroxyl groups is 1. The summed E-state index contributed by atoms with van der Waals surface area (Å²) in [4.78, 5) is 15.1. The molecule has 0 atom stereocenters. The number of halogens is 1. The number of carbonyl (C=O) groups excluding carboxylic acids is 1. The van der Waals surface area contributed by atoms with Gasteiger partial charge in [-0.05, 0) is 63.0 Å². The predicted molar refractivity (Wildman–Crippen MR) is 149 cm³/mol. The van der Waals surface area contributed by atoms with Gasteiger partial charge in [0, 0.05) is 50.0 Å². The maximum Gasteiger partial charge on any atom is 0.224 e. The molecule has 0 unspecified atom stereocenters. The molecule has 0 radical (unpaired) electrons. The molecule has 3 aliphatic heterocycles. The van der Waals surface area contributed by atoms with Crippen molar-refractivity contribution in [2.24, 2.45) is 0 Å². The fourth-order valence-electron chi connectivity index (χ4n) is 4.52. The maximum absolute atomic E-state index is 14.0. The lowest BCUT2D eigenvalue weighted by atomic mass is 9.89. The second kappa shape index (κ2) is 15.9. The van der Waals surface area contributed by atoms with Gasteiger partial charge in [0.15, 0.2) is 0 Å². The van der Waals surface area contributed by atoms with Crippen LogP contribution in [0.3, 0.4) is 0 Å². The Hall–Kier alpha value is -2.03. The first kappa shape index (κ1) is 31.0. The maximum atomic E-state index is 14.0. The molecule has 0 aromatic heterocycles. The lowest BCUT2D eigenvalue weighted by Crippen LogP contribution is -2.51. The third-order valence-corrected chi connectivity index (χ3v) is 6.54. The molecule has 8 heteroatoms. The van der Waals surface area contributed by atoms with Crippen molar-refractivity contribution < 1.29 is 14.3 Å². The largest absolute Gasteiger partial charge is 0.399 e. The van der Waals surface area contributed by atoms with Gasteiger partial charge in [-0.1, -0.05) is 26.5 Å². The van der Waals surface area contributed by atoms with Gasteiger partial charge in [0.1, 0.15) is 5.82 Å². The van der Waals surface area contributed by atoms with Crippen molar-refractivity contribution in [3.05, 3.63) is 48.9 Å². The van der Waals surface area contributed by atoms with Gasteiger partial charge in [0.25, 0.3) is 0 Å². The number of amides is 1. The first-order valence-corrected chi connectivity index (χ1v) is 13.5. The van der Waals surface area contributed by atoms with Crippen molar-refractivity contribution in [2.75, 3.05) is 43.1 Å². The molecular weight excluding hydrogens is 463 g/mol. The van der Waals surface area contributed by atoms with Crippen LogP contribution in [0.1, 0.15) is 58.8 Å². The van der Waals surface area contributed by atoms with Crippen molar-refractivity contribution in [1.29, 1.82) is 0 Å². The number of nitrogen functional groups attached to an aromatic ring is 1. The number of nitrogens with one attached hydrogen (secondary N) is 1. The number of anilines is 2. The normalized spacial score (nSPS) is 20.1. The zero-order valence-electron chi connectivity index (χ0n) is 21.7. The highest BCUT2D eigenvalue weighted by Crippen LogP contribution is 2.30. The quantitative estimate of drug-likeness (QED) is 0.269. The molecule has 6 nitrogen and oxygen atoms in total. The highest BCUT2D eigenvalue weighted by atomic mass is 32.1. The topological polar surface area (TPSA) is 81.8 Å². The van der Waals surface area contributed by atoms with Gasteiger partial charge < -0.3 is 26.0 Å². The van der Waals surface area contributed by atoms with E-state index in [0.29, 0.717) is 23.8 Å². The number of thiol groups is 1. The number of allylic oxidation sites excluding steroid dienone is 1. The summed E-state index contributed by atoms with van der Waals surface area (Å²) >= 11 is 3.53. The number of nitrogens with zero attached hydrogens (tertiary/aromatic N) is 2. The molecule has 1 amide bonds. The number of piperidine rings is 3. The second-order valence-electron chi connectivity index (χ2n) is 8.78. The van der Waals surface area contributed by atoms with Gasteiger partial charge in [0.2, 0.25) is 5.91 Å². The smallest absolute Gasteiger partial charge is 0.224 e. The van der Waals surface area contributed by atoms with Crippen molar-refractivity contribution in [1.82, 2.24) is 10.2 Å². The van der Waals surface area contributed by atoms with Crippen LogP contribution in [0.5, 0.6) is 0 Å². The zero-order chi connectivity index (χ0) is 26.4. The summed E-state index contributed by atoms with van der Waals surface area (Å²) in [7, 11) is 0. The molecule has 198 valence electrons. The summed E-state index contributed by atoms with van der Waals surface area (Å²) in [5.74, 6) is -0.126. The predicted octanol–water partition coefficient (Wildman–Crippen LogP) is 4.76. The van der Waals surface area contributed by atoms with Crippen LogP contribution in [-0.2, 0) is 4.79 Å². The van der Waals surface area contributed by atoms with Crippen LogP contribution in [0.4, 0.5) is 15.8 Å². The molecule has 0 bridgehead atoms. The number of rotatable bonds is 3. The van der Waals surface area contributed by atoms with Crippen LogP contribution in [0.25, 0.3) is 0 Å². The Morgan fingerprint density at radius 1 is 1.17 bits per heavy atom. The second-order valence-corrected chi connectivity index (χ2v) is 8.78. The van der Waals surface area contributed by atoms with E-state index < -0.39 is 5.60 Å². The van der Waals surface area contributed by atoms with Gasteiger partial charge in [-0.15, -0.1) is 6.58 Å². The molecule has 35 heavy (non-hydrogen) atoms.